The molecule has 0 atom stereocenters. The van der Waals surface area contributed by atoms with Gasteiger partial charge >= 0.3 is 0 Å². The van der Waals surface area contributed by atoms with E-state index >= 15 is 0 Å². The normalized spacial score (nSPS) is 18.0. The van der Waals surface area contributed by atoms with Gasteiger partial charge in [0.15, 0.2) is 0 Å². The molecule has 0 aliphatic heterocycles. The van der Waals surface area contributed by atoms with E-state index in [1.54, 1.807) is 6.20 Å². The summed E-state index contributed by atoms with van der Waals surface area (Å²) < 4.78 is 57.8. The summed E-state index contributed by atoms with van der Waals surface area (Å²) in [6, 6.07) is 38.7. The molecule has 1 aliphatic carbocycles. The molecule has 3 heterocycles. The Labute approximate surface area is 361 Å². The van der Waals surface area contributed by atoms with Crippen LogP contribution >= 0.6 is 0 Å². The van der Waals surface area contributed by atoms with E-state index in [-0.39, 0.29) is 36.5 Å². The summed E-state index contributed by atoms with van der Waals surface area (Å²) in [5.74, 6) is -2.59. The van der Waals surface area contributed by atoms with Gasteiger partial charge in [-0.05, 0) is 122 Å². The Balaban J connectivity index is 0.000000239. The Hall–Kier alpha value is -4.63. The number of hydrogen-bond donors (Lipinski definition) is 0. The number of benzene rings is 5. The van der Waals surface area contributed by atoms with Crippen LogP contribution in [0.3, 0.4) is 0 Å². The van der Waals surface area contributed by atoms with Crippen LogP contribution in [0.25, 0.3) is 66.0 Å². The maximum absolute atomic E-state index is 9.74. The minimum Gasteiger partial charge on any atom is -0.501 e. The van der Waals surface area contributed by atoms with Gasteiger partial charge in [-0.15, -0.1) is 54.1 Å². The van der Waals surface area contributed by atoms with Crippen LogP contribution in [-0.4, -0.2) is 9.97 Å². The van der Waals surface area contributed by atoms with Crippen molar-refractivity contribution >= 4 is 43.5 Å². The second-order valence-corrected chi connectivity index (χ2v) is 17.5. The van der Waals surface area contributed by atoms with Crippen molar-refractivity contribution in [2.24, 2.45) is 10.8 Å². The van der Waals surface area contributed by atoms with Gasteiger partial charge < -0.3 is 14.4 Å². The first kappa shape index (κ1) is 33.4. The van der Waals surface area contributed by atoms with Gasteiger partial charge in [0.1, 0.15) is 5.58 Å². The monoisotopic (exact) mass is 933 g/mol. The zero-order chi connectivity index (χ0) is 44.6. The van der Waals surface area contributed by atoms with E-state index in [0.717, 1.165) is 55.9 Å². The predicted octanol–water partition coefficient (Wildman–Crippen LogP) is 15.2. The molecule has 0 N–H and O–H groups in total. The van der Waals surface area contributed by atoms with Crippen LogP contribution in [0, 0.1) is 29.8 Å². The number of rotatable bonds is 5. The van der Waals surface area contributed by atoms with Gasteiger partial charge in [-0.2, -0.15) is 0 Å². The Morgan fingerprint density at radius 2 is 1.44 bits per heavy atom. The molecular weight excluding hydrogens is 873 g/mol. The molecule has 5 aromatic carbocycles. The molecule has 0 spiro atoms. The van der Waals surface area contributed by atoms with Crippen molar-refractivity contribution in [3.05, 3.63) is 144 Å². The molecule has 57 heavy (non-hydrogen) atoms. The third-order valence-electron chi connectivity index (χ3n) is 11.1. The zero-order valence-electron chi connectivity index (χ0n) is 40.1. The van der Waals surface area contributed by atoms with Crippen molar-refractivity contribution in [1.29, 1.82) is 0 Å². The number of aromatic nitrogens is 2. The fourth-order valence-corrected chi connectivity index (χ4v) is 9.11. The first-order valence-corrected chi connectivity index (χ1v) is 19.6. The molecule has 3 aromatic heterocycles. The van der Waals surface area contributed by atoms with Crippen LogP contribution < -0.4 is 0 Å². The fraction of sp³-hybridized carbons (Fsp3) is 0.321. The standard InChI is InChI=1S/C36H34NO.C17H20N.Ir/c1-22-20-37-32(16-29(22)25-18-35(2,3)21-36(4,5)19-25)28-12-8-11-27-31-15-24-14-13-23-9-6-7-10-26(23)30(24)17-33(31)38-34(27)28;1-12(2)15-10-17(14-8-6-5-7-9-14)18-11-16(15)13(3)4;/h6-11,13-17,20,25H,18-19,21H2,1-5H3;5-8,10-13H,1-4H3;/q2*-1;/i1D3,25D;12D,13D;. The molecular formula is C53H54IrN2O-2. The van der Waals surface area contributed by atoms with E-state index in [1.165, 1.54) is 17.0 Å². The van der Waals surface area contributed by atoms with Crippen LogP contribution in [0.15, 0.2) is 114 Å². The first-order valence-electron chi connectivity index (χ1n) is 22.6. The average Bonchev–Trinajstić information content (AvgIpc) is 3.55. The van der Waals surface area contributed by atoms with Gasteiger partial charge in [0.25, 0.3) is 0 Å². The van der Waals surface area contributed by atoms with E-state index in [4.69, 9.17) is 11.3 Å². The molecule has 0 saturated heterocycles. The van der Waals surface area contributed by atoms with Gasteiger partial charge in [-0.25, -0.2) is 0 Å². The van der Waals surface area contributed by atoms with Gasteiger partial charge in [0.05, 0.1) is 5.58 Å². The van der Waals surface area contributed by atoms with E-state index in [2.05, 4.69) is 92.3 Å². The van der Waals surface area contributed by atoms with Crippen LogP contribution in [0.5, 0.6) is 0 Å². The molecule has 8 aromatic rings. The Bertz CT molecular complexity index is 2960. The van der Waals surface area contributed by atoms with Crippen LogP contribution in [-0.2, 0) is 20.1 Å². The second-order valence-electron chi connectivity index (χ2n) is 17.5. The molecule has 0 unspecified atom stereocenters. The van der Waals surface area contributed by atoms with E-state index in [9.17, 15) is 1.37 Å². The Morgan fingerprint density at radius 1 is 0.719 bits per heavy atom. The molecule has 0 amide bonds. The number of pyridine rings is 2. The van der Waals surface area contributed by atoms with Crippen molar-refractivity contribution in [1.82, 2.24) is 9.97 Å². The zero-order valence-corrected chi connectivity index (χ0v) is 36.5. The maximum atomic E-state index is 9.74. The molecule has 4 heteroatoms. The summed E-state index contributed by atoms with van der Waals surface area (Å²) in [5.41, 5.74) is 6.54. The van der Waals surface area contributed by atoms with Crippen LogP contribution in [0.4, 0.5) is 0 Å². The quantitative estimate of drug-likeness (QED) is 0.127. The fourth-order valence-electron chi connectivity index (χ4n) is 9.11. The Kier molecular flexibility index (Phi) is 9.34. The number of aryl methyl sites for hydroxylation is 1. The molecule has 1 fully saturated rings. The maximum Gasteiger partial charge on any atom is 0.121 e. The summed E-state index contributed by atoms with van der Waals surface area (Å²) in [4.78, 5) is 9.11. The van der Waals surface area contributed by atoms with Crippen molar-refractivity contribution < 1.29 is 32.7 Å². The van der Waals surface area contributed by atoms with E-state index in [0.29, 0.717) is 35.2 Å². The largest absolute Gasteiger partial charge is 0.501 e. The van der Waals surface area contributed by atoms with Crippen LogP contribution in [0.1, 0.15) is 123 Å². The SMILES string of the molecule is [2H]C(C)(C)c1cnc(-c2[c-]cccc2)cc1C([2H])(C)C.[2H]C([2H])([2H])c1cnc(-c2[c-]ccc3c2oc2cc4c(ccc5ccccc54)cc23)cc1C1([2H])CC(C)(C)CC(C)(C)C1.[Ir]. The van der Waals surface area contributed by atoms with Crippen molar-refractivity contribution in [2.75, 3.05) is 0 Å². The number of nitrogens with zero attached hydrogens (tertiary/aromatic N) is 2. The molecule has 3 nitrogen and oxygen atoms in total. The van der Waals surface area contributed by atoms with E-state index < -0.39 is 24.5 Å². The summed E-state index contributed by atoms with van der Waals surface area (Å²) in [7, 11) is 0. The van der Waals surface area contributed by atoms with Gasteiger partial charge in [-0.1, -0.05) is 115 Å². The molecule has 1 radical (unpaired) electrons. The number of furan rings is 1. The summed E-state index contributed by atoms with van der Waals surface area (Å²) >= 11 is 0. The summed E-state index contributed by atoms with van der Waals surface area (Å²) in [6.07, 6.45) is 5.33. The first-order chi connectivity index (χ1) is 28.9. The third kappa shape index (κ3) is 8.23. The molecule has 9 rings (SSSR count). The predicted molar refractivity (Wildman–Crippen MR) is 236 cm³/mol. The van der Waals surface area contributed by atoms with Crippen molar-refractivity contribution in [3.8, 4) is 22.5 Å². The smallest absolute Gasteiger partial charge is 0.121 e. The van der Waals surface area contributed by atoms with Crippen molar-refractivity contribution in [3.63, 3.8) is 0 Å². The van der Waals surface area contributed by atoms with Gasteiger partial charge in [0.2, 0.25) is 0 Å². The molecule has 293 valence electrons. The number of fused-ring (bicyclic) bond motifs is 6. The molecule has 1 aliphatic rings. The number of hydrogen-bond acceptors (Lipinski definition) is 3. The van der Waals surface area contributed by atoms with Crippen LogP contribution in [0.2, 0.25) is 0 Å². The summed E-state index contributed by atoms with van der Waals surface area (Å²) in [6.45, 7) is 13.7. The minimum absolute atomic E-state index is 0. The minimum atomic E-state index is -2.38. The Morgan fingerprint density at radius 3 is 2.16 bits per heavy atom. The van der Waals surface area contributed by atoms with Gasteiger partial charge in [0, 0.05) is 46.1 Å². The van der Waals surface area contributed by atoms with E-state index in [1.807, 2.05) is 82.3 Å². The second kappa shape index (κ2) is 16.0. The average molecular weight is 933 g/mol. The third-order valence-corrected chi connectivity index (χ3v) is 11.1. The topological polar surface area (TPSA) is 38.9 Å². The molecule has 0 bridgehead atoms. The van der Waals surface area contributed by atoms with Gasteiger partial charge in [-0.3, -0.25) is 0 Å². The van der Waals surface area contributed by atoms with Crippen molar-refractivity contribution in [2.45, 2.75) is 99.2 Å². The molecule has 1 saturated carbocycles. The summed E-state index contributed by atoms with van der Waals surface area (Å²) in [5, 5.41) is 6.59.